The summed E-state index contributed by atoms with van der Waals surface area (Å²) >= 11 is 3.11. The Balaban J connectivity index is 1.71. The number of hydrogen-bond donors (Lipinski definition) is 1. The number of aromatic nitrogens is 3. The van der Waals surface area contributed by atoms with Crippen LogP contribution in [0.25, 0.3) is 0 Å². The van der Waals surface area contributed by atoms with E-state index in [1.54, 1.807) is 41.9 Å². The van der Waals surface area contributed by atoms with Gasteiger partial charge in [-0.1, -0.05) is 12.1 Å². The SMILES string of the molecule is COc1cccc(C(NC(=O)CSCc2cscn2)c2nccn2C)c1. The maximum absolute atomic E-state index is 12.5. The van der Waals surface area contributed by atoms with Crippen molar-refractivity contribution in [3.8, 4) is 5.75 Å². The minimum atomic E-state index is -0.336. The predicted octanol–water partition coefficient (Wildman–Crippen LogP) is 3.02. The molecule has 136 valence electrons. The highest BCUT2D eigenvalue weighted by Gasteiger charge is 2.21. The van der Waals surface area contributed by atoms with Crippen molar-refractivity contribution in [2.45, 2.75) is 11.8 Å². The summed E-state index contributed by atoms with van der Waals surface area (Å²) in [5.41, 5.74) is 3.73. The first-order valence-corrected chi connectivity index (χ1v) is 10.1. The molecule has 8 heteroatoms. The van der Waals surface area contributed by atoms with Gasteiger partial charge in [-0.2, -0.15) is 0 Å². The maximum Gasteiger partial charge on any atom is 0.230 e. The topological polar surface area (TPSA) is 69.0 Å². The smallest absolute Gasteiger partial charge is 0.230 e. The zero-order valence-corrected chi connectivity index (χ0v) is 16.2. The summed E-state index contributed by atoms with van der Waals surface area (Å²) in [6, 6.07) is 7.34. The second kappa shape index (κ2) is 8.86. The van der Waals surface area contributed by atoms with E-state index in [9.17, 15) is 4.79 Å². The van der Waals surface area contributed by atoms with Crippen molar-refractivity contribution in [3.05, 3.63) is 64.6 Å². The van der Waals surface area contributed by atoms with Gasteiger partial charge in [-0.25, -0.2) is 9.97 Å². The number of thioether (sulfide) groups is 1. The van der Waals surface area contributed by atoms with Gasteiger partial charge in [0.1, 0.15) is 17.6 Å². The number of benzene rings is 1. The van der Waals surface area contributed by atoms with Crippen molar-refractivity contribution < 1.29 is 9.53 Å². The van der Waals surface area contributed by atoms with Gasteiger partial charge in [0.2, 0.25) is 5.91 Å². The molecule has 6 nitrogen and oxygen atoms in total. The summed E-state index contributed by atoms with van der Waals surface area (Å²) in [6.07, 6.45) is 3.59. The van der Waals surface area contributed by atoms with E-state index in [1.165, 1.54) is 0 Å². The van der Waals surface area contributed by atoms with Crippen LogP contribution in [0.3, 0.4) is 0 Å². The molecule has 1 atom stereocenters. The Morgan fingerprint density at radius 1 is 1.42 bits per heavy atom. The van der Waals surface area contributed by atoms with Crippen molar-refractivity contribution >= 4 is 29.0 Å². The van der Waals surface area contributed by atoms with E-state index in [2.05, 4.69) is 15.3 Å². The van der Waals surface area contributed by atoms with Crippen LogP contribution in [0, 0.1) is 0 Å². The molecular formula is C18H20N4O2S2. The molecule has 1 N–H and O–H groups in total. The summed E-state index contributed by atoms with van der Waals surface area (Å²) in [5, 5.41) is 5.09. The van der Waals surface area contributed by atoms with Gasteiger partial charge in [-0.15, -0.1) is 23.1 Å². The van der Waals surface area contributed by atoms with Crippen LogP contribution < -0.4 is 10.1 Å². The fourth-order valence-electron chi connectivity index (χ4n) is 2.53. The average Bonchev–Trinajstić information content (AvgIpc) is 3.31. The number of nitrogens with zero attached hydrogens (tertiary/aromatic N) is 3. The highest BCUT2D eigenvalue weighted by molar-refractivity contribution is 7.99. The molecule has 0 fully saturated rings. The Morgan fingerprint density at radius 2 is 2.31 bits per heavy atom. The molecule has 1 amide bonds. The first-order valence-electron chi connectivity index (χ1n) is 8.02. The third-order valence-electron chi connectivity index (χ3n) is 3.82. The molecule has 0 aliphatic rings. The summed E-state index contributed by atoms with van der Waals surface area (Å²) in [6.45, 7) is 0. The van der Waals surface area contributed by atoms with Crippen LogP contribution in [0.15, 0.2) is 47.5 Å². The number of thiazole rings is 1. The first kappa shape index (κ1) is 18.5. The molecule has 0 saturated carbocycles. The van der Waals surface area contributed by atoms with Crippen molar-refractivity contribution in [2.24, 2.45) is 7.05 Å². The van der Waals surface area contributed by atoms with Gasteiger partial charge >= 0.3 is 0 Å². The number of hydrogen-bond acceptors (Lipinski definition) is 6. The molecule has 0 saturated heterocycles. The lowest BCUT2D eigenvalue weighted by Crippen LogP contribution is -2.32. The number of imidazole rings is 1. The number of carbonyl (C=O) groups is 1. The second-order valence-corrected chi connectivity index (χ2v) is 7.35. The van der Waals surface area contributed by atoms with Crippen LogP contribution in [0.4, 0.5) is 0 Å². The molecule has 0 aliphatic heterocycles. The third kappa shape index (κ3) is 4.64. The number of carbonyl (C=O) groups excluding carboxylic acids is 1. The molecule has 0 bridgehead atoms. The van der Waals surface area contributed by atoms with E-state index >= 15 is 0 Å². The standard InChI is InChI=1S/C18H20N4O2S2/c1-22-7-6-19-18(22)17(13-4-3-5-15(8-13)24-2)21-16(23)11-25-9-14-10-26-12-20-14/h3-8,10,12,17H,9,11H2,1-2H3,(H,21,23). The Morgan fingerprint density at radius 3 is 3.00 bits per heavy atom. The summed E-state index contributed by atoms with van der Waals surface area (Å²) in [5.74, 6) is 2.57. The van der Waals surface area contributed by atoms with Gasteiger partial charge in [0.25, 0.3) is 0 Å². The summed E-state index contributed by atoms with van der Waals surface area (Å²) in [4.78, 5) is 21.1. The molecule has 1 aromatic carbocycles. The molecule has 3 rings (SSSR count). The van der Waals surface area contributed by atoms with Crippen molar-refractivity contribution in [3.63, 3.8) is 0 Å². The predicted molar refractivity (Wildman–Crippen MR) is 104 cm³/mol. The largest absolute Gasteiger partial charge is 0.497 e. The van der Waals surface area contributed by atoms with Crippen molar-refractivity contribution in [2.75, 3.05) is 12.9 Å². The van der Waals surface area contributed by atoms with E-state index in [4.69, 9.17) is 4.74 Å². The van der Waals surface area contributed by atoms with E-state index in [1.807, 2.05) is 47.5 Å². The van der Waals surface area contributed by atoms with Crippen molar-refractivity contribution in [1.29, 1.82) is 0 Å². The Labute approximate surface area is 160 Å². The number of ether oxygens (including phenoxy) is 1. The molecule has 2 aromatic heterocycles. The van der Waals surface area contributed by atoms with E-state index in [0.717, 1.165) is 28.6 Å². The Hall–Kier alpha value is -2.32. The average molecular weight is 389 g/mol. The van der Waals surface area contributed by atoms with Crippen LogP contribution in [-0.4, -0.2) is 33.3 Å². The first-order chi connectivity index (χ1) is 12.7. The molecule has 3 aromatic rings. The Bertz CT molecular complexity index is 849. The zero-order chi connectivity index (χ0) is 18.4. The van der Waals surface area contributed by atoms with Crippen LogP contribution in [0.5, 0.6) is 5.75 Å². The molecule has 0 radical (unpaired) electrons. The molecule has 2 heterocycles. The zero-order valence-electron chi connectivity index (χ0n) is 14.6. The van der Waals surface area contributed by atoms with Gasteiger partial charge in [0.15, 0.2) is 0 Å². The summed E-state index contributed by atoms with van der Waals surface area (Å²) in [7, 11) is 3.54. The monoisotopic (exact) mass is 388 g/mol. The van der Waals surface area contributed by atoms with Gasteiger partial charge in [-0.05, 0) is 17.7 Å². The van der Waals surface area contributed by atoms with E-state index in [0.29, 0.717) is 5.75 Å². The Kier molecular flexibility index (Phi) is 6.30. The summed E-state index contributed by atoms with van der Waals surface area (Å²) < 4.78 is 7.22. The molecule has 1 unspecified atom stereocenters. The van der Waals surface area contributed by atoms with Crippen LogP contribution in [-0.2, 0) is 17.6 Å². The number of amides is 1. The lowest BCUT2D eigenvalue weighted by atomic mass is 10.1. The van der Waals surface area contributed by atoms with Gasteiger partial charge in [0.05, 0.1) is 24.1 Å². The van der Waals surface area contributed by atoms with E-state index < -0.39 is 0 Å². The fourth-order valence-corrected chi connectivity index (χ4v) is 3.93. The minimum absolute atomic E-state index is 0.0407. The quantitative estimate of drug-likeness (QED) is 0.642. The normalized spacial score (nSPS) is 11.9. The number of methoxy groups -OCH3 is 1. The molecule has 0 aliphatic carbocycles. The van der Waals surface area contributed by atoms with Crippen LogP contribution in [0.2, 0.25) is 0 Å². The third-order valence-corrected chi connectivity index (χ3v) is 5.42. The van der Waals surface area contributed by atoms with Crippen LogP contribution in [0.1, 0.15) is 23.1 Å². The van der Waals surface area contributed by atoms with Gasteiger partial charge in [-0.3, -0.25) is 4.79 Å². The molecular weight excluding hydrogens is 368 g/mol. The van der Waals surface area contributed by atoms with Gasteiger partial charge in [0, 0.05) is 30.6 Å². The lowest BCUT2D eigenvalue weighted by molar-refractivity contribution is -0.119. The molecule has 26 heavy (non-hydrogen) atoms. The van der Waals surface area contributed by atoms with Crippen molar-refractivity contribution in [1.82, 2.24) is 19.9 Å². The second-order valence-electron chi connectivity index (χ2n) is 5.65. The fraction of sp³-hybridized carbons (Fsp3) is 0.278. The minimum Gasteiger partial charge on any atom is -0.497 e. The molecule has 0 spiro atoms. The van der Waals surface area contributed by atoms with E-state index in [-0.39, 0.29) is 11.9 Å². The number of nitrogens with one attached hydrogen (secondary N) is 1. The van der Waals surface area contributed by atoms with Crippen LogP contribution >= 0.6 is 23.1 Å². The number of aryl methyl sites for hydroxylation is 1. The maximum atomic E-state index is 12.5. The highest BCUT2D eigenvalue weighted by Crippen LogP contribution is 2.24. The lowest BCUT2D eigenvalue weighted by Gasteiger charge is -2.19. The number of rotatable bonds is 8. The van der Waals surface area contributed by atoms with Gasteiger partial charge < -0.3 is 14.6 Å². The highest BCUT2D eigenvalue weighted by atomic mass is 32.2.